The molecule has 1 aromatic heterocycles. The minimum absolute atomic E-state index is 0.821. The van der Waals surface area contributed by atoms with Crippen LogP contribution in [0.5, 0.6) is 0 Å². The van der Waals surface area contributed by atoms with E-state index in [4.69, 9.17) is 0 Å². The molecule has 1 aliphatic carbocycles. The molecule has 0 bridgehead atoms. The molecule has 16 heavy (non-hydrogen) atoms. The van der Waals surface area contributed by atoms with Gasteiger partial charge in [-0.25, -0.2) is 0 Å². The zero-order chi connectivity index (χ0) is 11.2. The molecule has 0 saturated carbocycles. The lowest BCUT2D eigenvalue weighted by molar-refractivity contribution is 0.440. The highest BCUT2D eigenvalue weighted by Gasteiger charge is 2.09. The highest BCUT2D eigenvalue weighted by Crippen LogP contribution is 2.17. The molecule has 1 unspecified atom stereocenters. The van der Waals surface area contributed by atoms with Crippen LogP contribution in [0.15, 0.2) is 30.6 Å². The molecule has 0 radical (unpaired) electrons. The first-order valence-electron chi connectivity index (χ1n) is 6.11. The van der Waals surface area contributed by atoms with Gasteiger partial charge in [-0.2, -0.15) is 0 Å². The first-order chi connectivity index (χ1) is 7.86. The number of pyridine rings is 1. The summed E-state index contributed by atoms with van der Waals surface area (Å²) < 4.78 is 0. The predicted molar refractivity (Wildman–Crippen MR) is 67.2 cm³/mol. The van der Waals surface area contributed by atoms with Crippen LogP contribution in [0.4, 0.5) is 0 Å². The maximum atomic E-state index is 4.16. The Hall–Kier alpha value is -1.15. The van der Waals surface area contributed by atoms with Crippen LogP contribution in [0.2, 0.25) is 0 Å². The van der Waals surface area contributed by atoms with E-state index in [2.05, 4.69) is 35.4 Å². The van der Waals surface area contributed by atoms with Gasteiger partial charge >= 0.3 is 0 Å². The van der Waals surface area contributed by atoms with Crippen LogP contribution in [0.25, 0.3) is 0 Å². The molecule has 1 heterocycles. The summed E-state index contributed by atoms with van der Waals surface area (Å²) >= 11 is 0. The molecule has 0 spiro atoms. The fourth-order valence-electron chi connectivity index (χ4n) is 2.13. The van der Waals surface area contributed by atoms with Crippen molar-refractivity contribution in [2.24, 2.45) is 5.92 Å². The van der Waals surface area contributed by atoms with Crippen molar-refractivity contribution in [3.8, 4) is 0 Å². The Balaban J connectivity index is 1.75. The van der Waals surface area contributed by atoms with Gasteiger partial charge in [0.15, 0.2) is 0 Å². The summed E-state index contributed by atoms with van der Waals surface area (Å²) in [5.41, 5.74) is 2.64. The van der Waals surface area contributed by atoms with Crippen molar-refractivity contribution in [3.05, 3.63) is 41.7 Å². The van der Waals surface area contributed by atoms with Crippen LogP contribution in [-0.2, 0) is 6.54 Å². The molecule has 0 aliphatic heterocycles. The highest BCUT2D eigenvalue weighted by atomic mass is 14.9. The Morgan fingerprint density at radius 3 is 3.12 bits per heavy atom. The van der Waals surface area contributed by atoms with Gasteiger partial charge in [-0.3, -0.25) is 4.98 Å². The van der Waals surface area contributed by atoms with Gasteiger partial charge in [0, 0.05) is 18.9 Å². The highest BCUT2D eigenvalue weighted by molar-refractivity contribution is 5.20. The Bertz CT molecular complexity index is 358. The van der Waals surface area contributed by atoms with E-state index in [1.165, 1.54) is 30.4 Å². The first kappa shape index (κ1) is 11.3. The SMILES string of the molecule is Cc1ccncc1CNCC1CC=CCC1. The normalized spacial score (nSPS) is 19.9. The van der Waals surface area contributed by atoms with E-state index in [0.717, 1.165) is 19.0 Å². The second-order valence-electron chi connectivity index (χ2n) is 4.58. The van der Waals surface area contributed by atoms with Gasteiger partial charge in [-0.1, -0.05) is 12.2 Å². The minimum atomic E-state index is 0.821. The number of aromatic nitrogens is 1. The largest absolute Gasteiger partial charge is 0.312 e. The molecule has 1 N–H and O–H groups in total. The number of nitrogens with zero attached hydrogens (tertiary/aromatic N) is 1. The third-order valence-corrected chi connectivity index (χ3v) is 3.27. The van der Waals surface area contributed by atoms with E-state index < -0.39 is 0 Å². The molecule has 86 valence electrons. The van der Waals surface area contributed by atoms with Crippen molar-refractivity contribution < 1.29 is 0 Å². The summed E-state index contributed by atoms with van der Waals surface area (Å²) in [6.45, 7) is 4.21. The standard InChI is InChI=1S/C14H20N2/c1-12-7-8-15-10-14(12)11-16-9-13-5-3-2-4-6-13/h2-3,7-8,10,13,16H,4-6,9,11H2,1H3. The molecule has 2 nitrogen and oxygen atoms in total. The minimum Gasteiger partial charge on any atom is -0.312 e. The van der Waals surface area contributed by atoms with Crippen LogP contribution < -0.4 is 5.32 Å². The van der Waals surface area contributed by atoms with Crippen LogP contribution in [0.1, 0.15) is 30.4 Å². The number of allylic oxidation sites excluding steroid dienone is 2. The van der Waals surface area contributed by atoms with Gasteiger partial charge < -0.3 is 5.32 Å². The smallest absolute Gasteiger partial charge is 0.0315 e. The van der Waals surface area contributed by atoms with E-state index in [9.17, 15) is 0 Å². The van der Waals surface area contributed by atoms with Crippen LogP contribution >= 0.6 is 0 Å². The molecule has 1 atom stereocenters. The molecule has 1 aromatic rings. The van der Waals surface area contributed by atoms with Gasteiger partial charge in [-0.15, -0.1) is 0 Å². The van der Waals surface area contributed by atoms with E-state index >= 15 is 0 Å². The number of hydrogen-bond acceptors (Lipinski definition) is 2. The van der Waals surface area contributed by atoms with E-state index in [1.807, 2.05) is 12.4 Å². The second-order valence-corrected chi connectivity index (χ2v) is 4.58. The summed E-state index contributed by atoms with van der Waals surface area (Å²) in [5, 5.41) is 3.54. The maximum Gasteiger partial charge on any atom is 0.0315 e. The summed E-state index contributed by atoms with van der Waals surface area (Å²) in [6, 6.07) is 2.07. The van der Waals surface area contributed by atoms with Crippen molar-refractivity contribution in [2.75, 3.05) is 6.54 Å². The monoisotopic (exact) mass is 216 g/mol. The van der Waals surface area contributed by atoms with E-state index in [-0.39, 0.29) is 0 Å². The van der Waals surface area contributed by atoms with Crippen LogP contribution in [0, 0.1) is 12.8 Å². The van der Waals surface area contributed by atoms with Crippen molar-refractivity contribution in [2.45, 2.75) is 32.7 Å². The predicted octanol–water partition coefficient (Wildman–Crippen LogP) is 2.84. The number of hydrogen-bond donors (Lipinski definition) is 1. The maximum absolute atomic E-state index is 4.16. The molecular formula is C14H20N2. The van der Waals surface area contributed by atoms with E-state index in [0.29, 0.717) is 0 Å². The Morgan fingerprint density at radius 1 is 1.44 bits per heavy atom. The lowest BCUT2D eigenvalue weighted by atomic mass is 9.94. The van der Waals surface area contributed by atoms with Crippen LogP contribution in [0.3, 0.4) is 0 Å². The number of rotatable bonds is 4. The lowest BCUT2D eigenvalue weighted by Crippen LogP contribution is -2.23. The van der Waals surface area contributed by atoms with Gasteiger partial charge in [0.05, 0.1) is 0 Å². The summed E-state index contributed by atoms with van der Waals surface area (Å²) in [5.74, 6) is 0.821. The van der Waals surface area contributed by atoms with Gasteiger partial charge in [0.2, 0.25) is 0 Å². The molecule has 0 amide bonds. The third-order valence-electron chi connectivity index (χ3n) is 3.27. The van der Waals surface area contributed by atoms with Crippen molar-refractivity contribution in [3.63, 3.8) is 0 Å². The molecule has 0 fully saturated rings. The second kappa shape index (κ2) is 5.80. The Labute approximate surface area is 97.8 Å². The zero-order valence-electron chi connectivity index (χ0n) is 9.95. The summed E-state index contributed by atoms with van der Waals surface area (Å²) in [6.07, 6.45) is 12.2. The Morgan fingerprint density at radius 2 is 2.38 bits per heavy atom. The molecule has 0 saturated heterocycles. The molecule has 0 aromatic carbocycles. The lowest BCUT2D eigenvalue weighted by Gasteiger charge is -2.18. The van der Waals surface area contributed by atoms with Crippen molar-refractivity contribution >= 4 is 0 Å². The first-order valence-corrected chi connectivity index (χ1v) is 6.11. The Kier molecular flexibility index (Phi) is 4.11. The number of nitrogens with one attached hydrogen (secondary N) is 1. The summed E-state index contributed by atoms with van der Waals surface area (Å²) in [4.78, 5) is 4.16. The third kappa shape index (κ3) is 3.17. The van der Waals surface area contributed by atoms with Gasteiger partial charge in [0.25, 0.3) is 0 Å². The molecule has 2 heteroatoms. The average molecular weight is 216 g/mol. The van der Waals surface area contributed by atoms with Gasteiger partial charge in [0.1, 0.15) is 0 Å². The zero-order valence-corrected chi connectivity index (χ0v) is 9.95. The van der Waals surface area contributed by atoms with Gasteiger partial charge in [-0.05, 0) is 55.8 Å². The fourth-order valence-corrected chi connectivity index (χ4v) is 2.13. The van der Waals surface area contributed by atoms with Crippen molar-refractivity contribution in [1.82, 2.24) is 10.3 Å². The average Bonchev–Trinajstić information content (AvgIpc) is 2.33. The number of aryl methyl sites for hydroxylation is 1. The quantitative estimate of drug-likeness (QED) is 0.783. The fraction of sp³-hybridized carbons (Fsp3) is 0.500. The van der Waals surface area contributed by atoms with E-state index in [1.54, 1.807) is 0 Å². The molecule has 2 rings (SSSR count). The molecular weight excluding hydrogens is 196 g/mol. The van der Waals surface area contributed by atoms with Crippen molar-refractivity contribution in [1.29, 1.82) is 0 Å². The topological polar surface area (TPSA) is 24.9 Å². The summed E-state index contributed by atoms with van der Waals surface area (Å²) in [7, 11) is 0. The molecule has 1 aliphatic rings. The van der Waals surface area contributed by atoms with Crippen LogP contribution in [-0.4, -0.2) is 11.5 Å².